The standard InChI is InChI=1S/C10H14FNO3S/c1-8-9(11)4-3-5-10(8)16(14,15)12(2)6-7-13/h3-5,13H,6-7H2,1-2H3. The topological polar surface area (TPSA) is 57.6 Å². The molecule has 0 bridgehead atoms. The zero-order chi connectivity index (χ0) is 12.3. The number of hydrogen-bond acceptors (Lipinski definition) is 3. The van der Waals surface area contributed by atoms with Crippen LogP contribution in [-0.2, 0) is 10.0 Å². The van der Waals surface area contributed by atoms with Crippen LogP contribution in [0.1, 0.15) is 5.56 Å². The molecule has 1 aromatic carbocycles. The van der Waals surface area contributed by atoms with Gasteiger partial charge in [0.25, 0.3) is 0 Å². The zero-order valence-corrected chi connectivity index (χ0v) is 9.96. The Hall–Kier alpha value is -0.980. The Morgan fingerprint density at radius 2 is 2.06 bits per heavy atom. The van der Waals surface area contributed by atoms with Crippen LogP contribution in [-0.4, -0.2) is 38.0 Å². The first-order valence-electron chi connectivity index (χ1n) is 4.73. The summed E-state index contributed by atoms with van der Waals surface area (Å²) < 4.78 is 38.1. The molecule has 0 aliphatic heterocycles. The summed E-state index contributed by atoms with van der Waals surface area (Å²) in [4.78, 5) is -0.0662. The van der Waals surface area contributed by atoms with Gasteiger partial charge in [-0.2, -0.15) is 4.31 Å². The number of aliphatic hydroxyl groups is 1. The average Bonchev–Trinajstić information content (AvgIpc) is 2.22. The van der Waals surface area contributed by atoms with Gasteiger partial charge >= 0.3 is 0 Å². The lowest BCUT2D eigenvalue weighted by Crippen LogP contribution is -2.30. The normalized spacial score (nSPS) is 12.1. The summed E-state index contributed by atoms with van der Waals surface area (Å²) in [5.41, 5.74) is 0.0901. The van der Waals surface area contributed by atoms with Gasteiger partial charge in [0.15, 0.2) is 0 Å². The first-order valence-corrected chi connectivity index (χ1v) is 6.17. The summed E-state index contributed by atoms with van der Waals surface area (Å²) in [6, 6.07) is 3.91. The third-order valence-corrected chi connectivity index (χ3v) is 4.32. The summed E-state index contributed by atoms with van der Waals surface area (Å²) in [5, 5.41) is 8.69. The van der Waals surface area contributed by atoms with E-state index >= 15 is 0 Å². The SMILES string of the molecule is Cc1c(F)cccc1S(=O)(=O)N(C)CCO. The van der Waals surface area contributed by atoms with E-state index in [1.165, 1.54) is 32.2 Å². The highest BCUT2D eigenvalue weighted by Crippen LogP contribution is 2.20. The van der Waals surface area contributed by atoms with Crippen molar-refractivity contribution in [2.45, 2.75) is 11.8 Å². The average molecular weight is 247 g/mol. The molecule has 1 aromatic rings. The molecule has 0 aliphatic rings. The molecule has 1 N–H and O–H groups in total. The van der Waals surface area contributed by atoms with Crippen molar-refractivity contribution < 1.29 is 17.9 Å². The molecule has 0 saturated heterocycles. The van der Waals surface area contributed by atoms with Crippen molar-refractivity contribution in [1.82, 2.24) is 4.31 Å². The van der Waals surface area contributed by atoms with E-state index in [9.17, 15) is 12.8 Å². The minimum absolute atomic E-state index is 0.0156. The first-order chi connectivity index (χ1) is 7.41. The monoisotopic (exact) mass is 247 g/mol. The minimum Gasteiger partial charge on any atom is -0.395 e. The molecule has 0 unspecified atom stereocenters. The lowest BCUT2D eigenvalue weighted by Gasteiger charge is -2.17. The van der Waals surface area contributed by atoms with Crippen molar-refractivity contribution in [3.8, 4) is 0 Å². The summed E-state index contributed by atoms with van der Waals surface area (Å²) in [6.07, 6.45) is 0. The summed E-state index contributed by atoms with van der Waals surface area (Å²) in [7, 11) is -2.38. The second kappa shape index (κ2) is 4.90. The predicted molar refractivity (Wildman–Crippen MR) is 58.0 cm³/mol. The third kappa shape index (κ3) is 2.40. The molecule has 0 aromatic heterocycles. The van der Waals surface area contributed by atoms with Gasteiger partial charge in [-0.1, -0.05) is 6.07 Å². The van der Waals surface area contributed by atoms with Gasteiger partial charge in [0.2, 0.25) is 10.0 Å². The van der Waals surface area contributed by atoms with Crippen molar-refractivity contribution in [1.29, 1.82) is 0 Å². The highest BCUT2D eigenvalue weighted by Gasteiger charge is 2.23. The Labute approximate surface area is 94.4 Å². The molecule has 1 rings (SSSR count). The molecule has 0 heterocycles. The van der Waals surface area contributed by atoms with Gasteiger partial charge < -0.3 is 5.11 Å². The molecule has 6 heteroatoms. The quantitative estimate of drug-likeness (QED) is 0.854. The number of sulfonamides is 1. The minimum atomic E-state index is -3.72. The van der Waals surface area contributed by atoms with Gasteiger partial charge in [0.05, 0.1) is 11.5 Å². The van der Waals surface area contributed by atoms with Crippen LogP contribution in [0.4, 0.5) is 4.39 Å². The van der Waals surface area contributed by atoms with E-state index in [1.807, 2.05) is 0 Å². The van der Waals surface area contributed by atoms with Crippen molar-refractivity contribution in [3.05, 3.63) is 29.6 Å². The molecular weight excluding hydrogens is 233 g/mol. The maximum atomic E-state index is 13.2. The molecule has 16 heavy (non-hydrogen) atoms. The van der Waals surface area contributed by atoms with Gasteiger partial charge in [-0.05, 0) is 19.1 Å². The second-order valence-corrected chi connectivity index (χ2v) is 5.43. The fourth-order valence-corrected chi connectivity index (χ4v) is 2.69. The Balaban J connectivity index is 3.22. The van der Waals surface area contributed by atoms with Gasteiger partial charge in [-0.25, -0.2) is 12.8 Å². The largest absolute Gasteiger partial charge is 0.395 e. The van der Waals surface area contributed by atoms with Crippen molar-refractivity contribution in [2.24, 2.45) is 0 Å². The molecule has 0 atom stereocenters. The molecule has 0 radical (unpaired) electrons. The number of likely N-dealkylation sites (N-methyl/N-ethyl adjacent to an activating group) is 1. The lowest BCUT2D eigenvalue weighted by molar-refractivity contribution is 0.266. The first kappa shape index (κ1) is 13.1. The van der Waals surface area contributed by atoms with E-state index in [4.69, 9.17) is 5.11 Å². The second-order valence-electron chi connectivity index (χ2n) is 3.41. The number of aliphatic hydroxyl groups excluding tert-OH is 1. The van der Waals surface area contributed by atoms with Crippen molar-refractivity contribution >= 4 is 10.0 Å². The smallest absolute Gasteiger partial charge is 0.243 e. The highest BCUT2D eigenvalue weighted by molar-refractivity contribution is 7.89. The van der Waals surface area contributed by atoms with Crippen LogP contribution in [0.5, 0.6) is 0 Å². The molecule has 0 amide bonds. The van der Waals surface area contributed by atoms with Crippen LogP contribution in [0, 0.1) is 12.7 Å². The molecule has 90 valence electrons. The van der Waals surface area contributed by atoms with E-state index in [1.54, 1.807) is 0 Å². The van der Waals surface area contributed by atoms with E-state index in [2.05, 4.69) is 0 Å². The summed E-state index contributed by atoms with van der Waals surface area (Å²) >= 11 is 0. The van der Waals surface area contributed by atoms with Crippen LogP contribution in [0.25, 0.3) is 0 Å². The molecule has 0 aliphatic carbocycles. The van der Waals surface area contributed by atoms with Crippen molar-refractivity contribution in [3.63, 3.8) is 0 Å². The van der Waals surface area contributed by atoms with Gasteiger partial charge in [-0.15, -0.1) is 0 Å². The number of hydrogen-bond donors (Lipinski definition) is 1. The number of rotatable bonds is 4. The maximum Gasteiger partial charge on any atom is 0.243 e. The fraction of sp³-hybridized carbons (Fsp3) is 0.400. The van der Waals surface area contributed by atoms with E-state index in [0.717, 1.165) is 4.31 Å². The van der Waals surface area contributed by atoms with E-state index in [-0.39, 0.29) is 23.6 Å². The molecule has 4 nitrogen and oxygen atoms in total. The van der Waals surface area contributed by atoms with Gasteiger partial charge in [0, 0.05) is 19.2 Å². The molecule has 0 spiro atoms. The van der Waals surface area contributed by atoms with Crippen LogP contribution >= 0.6 is 0 Å². The van der Waals surface area contributed by atoms with Crippen molar-refractivity contribution in [2.75, 3.05) is 20.2 Å². The lowest BCUT2D eigenvalue weighted by atomic mass is 10.2. The Morgan fingerprint density at radius 3 is 2.62 bits per heavy atom. The summed E-state index contributed by atoms with van der Waals surface area (Å²) in [5.74, 6) is -0.557. The van der Waals surface area contributed by atoms with Crippen LogP contribution in [0.3, 0.4) is 0 Å². The zero-order valence-electron chi connectivity index (χ0n) is 9.14. The van der Waals surface area contributed by atoms with Gasteiger partial charge in [-0.3, -0.25) is 0 Å². The highest BCUT2D eigenvalue weighted by atomic mass is 32.2. The Bertz CT molecular complexity index is 473. The number of nitrogens with zero attached hydrogens (tertiary/aromatic N) is 1. The fourth-order valence-electron chi connectivity index (χ4n) is 1.30. The van der Waals surface area contributed by atoms with E-state index < -0.39 is 15.8 Å². The molecular formula is C10H14FNO3S. The van der Waals surface area contributed by atoms with Crippen LogP contribution in [0.2, 0.25) is 0 Å². The van der Waals surface area contributed by atoms with E-state index in [0.29, 0.717) is 0 Å². The van der Waals surface area contributed by atoms with Crippen LogP contribution < -0.4 is 0 Å². The maximum absolute atomic E-state index is 13.2. The molecule has 0 saturated carbocycles. The van der Waals surface area contributed by atoms with Crippen LogP contribution in [0.15, 0.2) is 23.1 Å². The van der Waals surface area contributed by atoms with Gasteiger partial charge in [0.1, 0.15) is 5.82 Å². The number of halogens is 1. The Kier molecular flexibility index (Phi) is 4.01. The predicted octanol–water partition coefficient (Wildman–Crippen LogP) is 0.747. The summed E-state index contributed by atoms with van der Waals surface area (Å²) in [6.45, 7) is 1.12. The number of benzene rings is 1. The Morgan fingerprint density at radius 1 is 1.44 bits per heavy atom. The third-order valence-electron chi connectivity index (χ3n) is 2.32. The molecule has 0 fully saturated rings.